The molecule has 2 rings (SSSR count). The molecule has 24 heavy (non-hydrogen) atoms. The number of hydrogen-bond donors (Lipinski definition) is 2. The van der Waals surface area contributed by atoms with Crippen LogP contribution in [0.4, 0.5) is 4.39 Å². The lowest BCUT2D eigenvalue weighted by Gasteiger charge is -2.07. The molecular formula is C18H18ClFN2O2. The van der Waals surface area contributed by atoms with Gasteiger partial charge < -0.3 is 10.6 Å². The SMILES string of the molecule is O=C(CCc1cccc(F)c1)NCC(=O)NCc1ccc(Cl)cc1. The average Bonchev–Trinajstić information content (AvgIpc) is 2.57. The molecule has 0 saturated carbocycles. The maximum Gasteiger partial charge on any atom is 0.239 e. The van der Waals surface area contributed by atoms with Gasteiger partial charge in [0.05, 0.1) is 6.54 Å². The molecule has 0 spiro atoms. The van der Waals surface area contributed by atoms with Gasteiger partial charge >= 0.3 is 0 Å². The zero-order valence-corrected chi connectivity index (χ0v) is 13.8. The van der Waals surface area contributed by atoms with E-state index in [1.165, 1.54) is 12.1 Å². The highest BCUT2D eigenvalue weighted by Crippen LogP contribution is 2.09. The lowest BCUT2D eigenvalue weighted by molar-refractivity contribution is -0.126. The quantitative estimate of drug-likeness (QED) is 0.808. The minimum absolute atomic E-state index is 0.0877. The van der Waals surface area contributed by atoms with Gasteiger partial charge in [0.2, 0.25) is 11.8 Å². The Kier molecular flexibility index (Phi) is 6.75. The Morgan fingerprint density at radius 2 is 1.71 bits per heavy atom. The molecule has 0 aromatic heterocycles. The molecule has 0 radical (unpaired) electrons. The van der Waals surface area contributed by atoms with Crippen LogP contribution in [0.1, 0.15) is 17.5 Å². The van der Waals surface area contributed by atoms with Crippen LogP contribution in [0, 0.1) is 5.82 Å². The Morgan fingerprint density at radius 1 is 0.958 bits per heavy atom. The highest BCUT2D eigenvalue weighted by Gasteiger charge is 2.06. The van der Waals surface area contributed by atoms with Gasteiger partial charge in [-0.05, 0) is 41.8 Å². The van der Waals surface area contributed by atoms with Gasteiger partial charge in [0.1, 0.15) is 5.82 Å². The molecule has 0 aliphatic carbocycles. The molecule has 2 aromatic rings. The van der Waals surface area contributed by atoms with Crippen molar-refractivity contribution in [2.75, 3.05) is 6.54 Å². The van der Waals surface area contributed by atoms with E-state index in [0.717, 1.165) is 11.1 Å². The van der Waals surface area contributed by atoms with Gasteiger partial charge in [0, 0.05) is 18.0 Å². The molecular weight excluding hydrogens is 331 g/mol. The summed E-state index contributed by atoms with van der Waals surface area (Å²) in [4.78, 5) is 23.4. The van der Waals surface area contributed by atoms with Crippen LogP contribution in [-0.2, 0) is 22.6 Å². The summed E-state index contributed by atoms with van der Waals surface area (Å²) in [5.74, 6) is -0.848. The minimum Gasteiger partial charge on any atom is -0.350 e. The summed E-state index contributed by atoms with van der Waals surface area (Å²) in [6.45, 7) is 0.282. The minimum atomic E-state index is -0.325. The number of rotatable bonds is 7. The molecule has 0 unspecified atom stereocenters. The van der Waals surface area contributed by atoms with E-state index in [2.05, 4.69) is 10.6 Å². The second kappa shape index (κ2) is 9.03. The molecule has 2 aromatic carbocycles. The van der Waals surface area contributed by atoms with Gasteiger partial charge in [0.25, 0.3) is 0 Å². The molecule has 126 valence electrons. The fraction of sp³-hybridized carbons (Fsp3) is 0.222. The van der Waals surface area contributed by atoms with Crippen molar-refractivity contribution in [1.29, 1.82) is 0 Å². The second-order valence-electron chi connectivity index (χ2n) is 5.31. The van der Waals surface area contributed by atoms with E-state index in [1.54, 1.807) is 24.3 Å². The Labute approximate surface area is 145 Å². The second-order valence-corrected chi connectivity index (χ2v) is 5.75. The number of benzene rings is 2. The lowest BCUT2D eigenvalue weighted by Crippen LogP contribution is -2.36. The van der Waals surface area contributed by atoms with Crippen molar-refractivity contribution in [3.63, 3.8) is 0 Å². The van der Waals surface area contributed by atoms with E-state index >= 15 is 0 Å². The standard InChI is InChI=1S/C18H18ClFN2O2/c19-15-7-4-14(5-8-15)11-21-18(24)12-22-17(23)9-6-13-2-1-3-16(20)10-13/h1-5,7-8,10H,6,9,11-12H2,(H,21,24)(H,22,23). The highest BCUT2D eigenvalue weighted by molar-refractivity contribution is 6.30. The first-order valence-corrected chi connectivity index (χ1v) is 7.93. The zero-order valence-electron chi connectivity index (χ0n) is 13.0. The predicted octanol–water partition coefficient (Wildman–Crippen LogP) is 2.84. The number of nitrogens with one attached hydrogen (secondary N) is 2. The number of hydrogen-bond acceptors (Lipinski definition) is 2. The largest absolute Gasteiger partial charge is 0.350 e. The van der Waals surface area contributed by atoms with Crippen LogP contribution in [0.3, 0.4) is 0 Å². The van der Waals surface area contributed by atoms with Crippen LogP contribution >= 0.6 is 11.6 Å². The van der Waals surface area contributed by atoms with Crippen molar-refractivity contribution >= 4 is 23.4 Å². The molecule has 2 amide bonds. The van der Waals surface area contributed by atoms with Crippen LogP contribution in [0.15, 0.2) is 48.5 Å². The van der Waals surface area contributed by atoms with Crippen LogP contribution < -0.4 is 10.6 Å². The number of aryl methyl sites for hydroxylation is 1. The summed E-state index contributed by atoms with van der Waals surface area (Å²) in [6.07, 6.45) is 0.629. The number of halogens is 2. The Bertz CT molecular complexity index is 704. The zero-order chi connectivity index (χ0) is 17.4. The van der Waals surface area contributed by atoms with Gasteiger partial charge in [0.15, 0.2) is 0 Å². The van der Waals surface area contributed by atoms with Crippen molar-refractivity contribution in [3.8, 4) is 0 Å². The Morgan fingerprint density at radius 3 is 2.42 bits per heavy atom. The van der Waals surface area contributed by atoms with E-state index in [9.17, 15) is 14.0 Å². The fourth-order valence-electron chi connectivity index (χ4n) is 2.08. The highest BCUT2D eigenvalue weighted by atomic mass is 35.5. The predicted molar refractivity (Wildman–Crippen MR) is 91.0 cm³/mol. The van der Waals surface area contributed by atoms with E-state index in [4.69, 9.17) is 11.6 Å². The van der Waals surface area contributed by atoms with Gasteiger partial charge in [-0.15, -0.1) is 0 Å². The third kappa shape index (κ3) is 6.38. The van der Waals surface area contributed by atoms with E-state index in [0.29, 0.717) is 18.0 Å². The molecule has 0 saturated heterocycles. The summed E-state index contributed by atoms with van der Waals surface area (Å²) >= 11 is 5.79. The third-order valence-corrected chi connectivity index (χ3v) is 3.63. The van der Waals surface area contributed by atoms with Gasteiger partial charge in [-0.1, -0.05) is 35.9 Å². The Hall–Kier alpha value is -2.40. The molecule has 0 aliphatic rings. The Balaban J connectivity index is 1.65. The summed E-state index contributed by atoms with van der Waals surface area (Å²) in [7, 11) is 0. The first-order valence-electron chi connectivity index (χ1n) is 7.55. The van der Waals surface area contributed by atoms with E-state index in [1.807, 2.05) is 12.1 Å². The summed E-state index contributed by atoms with van der Waals surface area (Å²) in [5.41, 5.74) is 1.67. The molecule has 0 fully saturated rings. The molecule has 0 bridgehead atoms. The molecule has 4 nitrogen and oxygen atoms in total. The van der Waals surface area contributed by atoms with Crippen LogP contribution in [0.25, 0.3) is 0 Å². The summed E-state index contributed by atoms with van der Waals surface area (Å²) < 4.78 is 13.0. The summed E-state index contributed by atoms with van der Waals surface area (Å²) in [6, 6.07) is 13.2. The van der Waals surface area contributed by atoms with E-state index in [-0.39, 0.29) is 30.6 Å². The monoisotopic (exact) mass is 348 g/mol. The van der Waals surface area contributed by atoms with E-state index < -0.39 is 0 Å². The number of carbonyl (C=O) groups excluding carboxylic acids is 2. The third-order valence-electron chi connectivity index (χ3n) is 3.38. The molecule has 0 atom stereocenters. The fourth-order valence-corrected chi connectivity index (χ4v) is 2.21. The van der Waals surface area contributed by atoms with Crippen molar-refractivity contribution in [2.45, 2.75) is 19.4 Å². The maximum atomic E-state index is 13.0. The average molecular weight is 349 g/mol. The normalized spacial score (nSPS) is 10.2. The molecule has 0 aliphatic heterocycles. The van der Waals surface area contributed by atoms with Crippen LogP contribution in [-0.4, -0.2) is 18.4 Å². The van der Waals surface area contributed by atoms with Crippen LogP contribution in [0.5, 0.6) is 0 Å². The molecule has 0 heterocycles. The topological polar surface area (TPSA) is 58.2 Å². The van der Waals surface area contributed by atoms with Crippen molar-refractivity contribution in [3.05, 3.63) is 70.5 Å². The first kappa shape index (κ1) is 17.9. The van der Waals surface area contributed by atoms with Crippen molar-refractivity contribution < 1.29 is 14.0 Å². The van der Waals surface area contributed by atoms with Crippen molar-refractivity contribution in [1.82, 2.24) is 10.6 Å². The number of amides is 2. The smallest absolute Gasteiger partial charge is 0.239 e. The van der Waals surface area contributed by atoms with Gasteiger partial charge in [-0.25, -0.2) is 4.39 Å². The van der Waals surface area contributed by atoms with Crippen molar-refractivity contribution in [2.24, 2.45) is 0 Å². The first-order chi connectivity index (χ1) is 11.5. The maximum absolute atomic E-state index is 13.0. The lowest BCUT2D eigenvalue weighted by atomic mass is 10.1. The molecule has 6 heteroatoms. The van der Waals surface area contributed by atoms with Gasteiger partial charge in [-0.2, -0.15) is 0 Å². The van der Waals surface area contributed by atoms with Crippen LogP contribution in [0.2, 0.25) is 5.02 Å². The summed E-state index contributed by atoms with van der Waals surface area (Å²) in [5, 5.41) is 5.89. The molecule has 2 N–H and O–H groups in total. The van der Waals surface area contributed by atoms with Gasteiger partial charge in [-0.3, -0.25) is 9.59 Å². The number of carbonyl (C=O) groups is 2.